The summed E-state index contributed by atoms with van der Waals surface area (Å²) in [4.78, 5) is 10.6. The third-order valence-electron chi connectivity index (χ3n) is 1.92. The number of nitrogens with zero attached hydrogens (tertiary/aromatic N) is 1. The van der Waals surface area contributed by atoms with Gasteiger partial charge in [-0.15, -0.1) is 0 Å². The van der Waals surface area contributed by atoms with Crippen LogP contribution in [-0.2, 0) is 20.9 Å². The molecule has 94 valence electrons. The molecule has 1 aromatic carbocycles. The molecule has 0 aliphatic carbocycles. The minimum atomic E-state index is -2.27. The van der Waals surface area contributed by atoms with Gasteiger partial charge in [-0.05, 0) is 17.7 Å². The quantitative estimate of drug-likeness (QED) is 0.890. The van der Waals surface area contributed by atoms with Crippen LogP contribution in [0.1, 0.15) is 5.56 Å². The number of benzene rings is 1. The van der Waals surface area contributed by atoms with Gasteiger partial charge in [0.25, 0.3) is 0 Å². The molecule has 5 nitrogen and oxygen atoms in total. The highest BCUT2D eigenvalue weighted by Crippen LogP contribution is 2.29. The lowest BCUT2D eigenvalue weighted by Gasteiger charge is -2.07. The molecule has 1 rings (SSSR count). The number of rotatable bonds is 4. The molecule has 0 aliphatic rings. The summed E-state index contributed by atoms with van der Waals surface area (Å²) < 4.78 is 20.7. The zero-order valence-electron chi connectivity index (χ0n) is 9.97. The summed E-state index contributed by atoms with van der Waals surface area (Å²) in [6, 6.07) is 4.85. The Morgan fingerprint density at radius 2 is 2.12 bits per heavy atom. The van der Waals surface area contributed by atoms with Gasteiger partial charge in [-0.3, -0.25) is 4.79 Å². The third kappa shape index (κ3) is 4.44. The van der Waals surface area contributed by atoms with E-state index in [9.17, 15) is 9.00 Å². The smallest absolute Gasteiger partial charge is 0.307 e. The maximum absolute atomic E-state index is 11.6. The highest BCUT2D eigenvalue weighted by molar-refractivity contribution is 7.92. The van der Waals surface area contributed by atoms with Crippen molar-refractivity contribution in [1.82, 2.24) is 0 Å². The van der Waals surface area contributed by atoms with Crippen molar-refractivity contribution in [3.8, 4) is 5.75 Å². The fraction of sp³-hybridized carbons (Fsp3) is 0.364. The Bertz CT molecular complexity index is 536. The fourth-order valence-electron chi connectivity index (χ4n) is 1.32. The Balaban J connectivity index is 3.19. The van der Waals surface area contributed by atoms with E-state index in [4.69, 9.17) is 9.84 Å². The lowest BCUT2D eigenvalue weighted by Crippen LogP contribution is -2.00. The summed E-state index contributed by atoms with van der Waals surface area (Å²) >= 11 is 0. The fourth-order valence-corrected chi connectivity index (χ4v) is 1.94. The molecule has 17 heavy (non-hydrogen) atoms. The van der Waals surface area contributed by atoms with Crippen molar-refractivity contribution in [2.75, 3.05) is 19.6 Å². The highest BCUT2D eigenvalue weighted by atomic mass is 32.2. The van der Waals surface area contributed by atoms with Crippen LogP contribution in [-0.4, -0.2) is 34.9 Å². The second-order valence-corrected chi connectivity index (χ2v) is 6.39. The van der Waals surface area contributed by atoms with E-state index >= 15 is 0 Å². The van der Waals surface area contributed by atoms with Crippen LogP contribution < -0.4 is 4.74 Å². The van der Waals surface area contributed by atoms with Crippen LogP contribution in [0.5, 0.6) is 5.75 Å². The molecule has 0 spiro atoms. The predicted octanol–water partition coefficient (Wildman–Crippen LogP) is 1.68. The molecule has 1 N–H and O–H groups in total. The molecule has 0 heterocycles. The van der Waals surface area contributed by atoms with Crippen molar-refractivity contribution in [3.05, 3.63) is 23.8 Å². The summed E-state index contributed by atoms with van der Waals surface area (Å²) in [7, 11) is -0.803. The first-order valence-electron chi connectivity index (χ1n) is 4.87. The number of carbonyl (C=O) groups is 1. The van der Waals surface area contributed by atoms with E-state index in [0.717, 1.165) is 0 Å². The van der Waals surface area contributed by atoms with E-state index in [0.29, 0.717) is 17.0 Å². The molecule has 0 aliphatic heterocycles. The molecule has 0 amide bonds. The number of carboxylic acids is 1. The summed E-state index contributed by atoms with van der Waals surface area (Å²) in [6.07, 6.45) is 2.97. The van der Waals surface area contributed by atoms with E-state index in [1.165, 1.54) is 19.6 Å². The van der Waals surface area contributed by atoms with E-state index in [1.807, 2.05) is 0 Å². The van der Waals surface area contributed by atoms with E-state index < -0.39 is 15.7 Å². The van der Waals surface area contributed by atoms with Gasteiger partial charge in [0.15, 0.2) is 0 Å². The molecular weight excluding hydrogens is 242 g/mol. The van der Waals surface area contributed by atoms with Crippen molar-refractivity contribution in [2.24, 2.45) is 4.36 Å². The zero-order chi connectivity index (χ0) is 13.1. The van der Waals surface area contributed by atoms with Gasteiger partial charge in [0.05, 0.1) is 13.5 Å². The molecule has 0 bridgehead atoms. The van der Waals surface area contributed by atoms with Gasteiger partial charge in [-0.2, -0.15) is 4.36 Å². The molecule has 0 atom stereocenters. The monoisotopic (exact) mass is 257 g/mol. The minimum Gasteiger partial charge on any atom is -0.494 e. The second-order valence-electron chi connectivity index (χ2n) is 3.85. The maximum atomic E-state index is 11.6. The van der Waals surface area contributed by atoms with E-state index in [-0.39, 0.29) is 6.42 Å². The number of aliphatic carboxylic acids is 1. The predicted molar refractivity (Wildman–Crippen MR) is 66.4 cm³/mol. The molecule has 6 heteroatoms. The largest absolute Gasteiger partial charge is 0.494 e. The van der Waals surface area contributed by atoms with Crippen LogP contribution in [0.15, 0.2) is 22.6 Å². The first-order valence-corrected chi connectivity index (χ1v) is 7.21. The summed E-state index contributed by atoms with van der Waals surface area (Å²) in [5, 5.41) is 8.68. The Hall–Kier alpha value is -1.56. The van der Waals surface area contributed by atoms with Gasteiger partial charge < -0.3 is 9.84 Å². The molecule has 1 aromatic rings. The molecule has 0 fully saturated rings. The summed E-state index contributed by atoms with van der Waals surface area (Å²) in [5.74, 6) is -0.480. The Labute approximate surface area is 101 Å². The number of hydrogen-bond donors (Lipinski definition) is 1. The number of hydrogen-bond acceptors (Lipinski definition) is 4. The van der Waals surface area contributed by atoms with Gasteiger partial charge in [0, 0.05) is 22.2 Å². The molecule has 0 unspecified atom stereocenters. The van der Waals surface area contributed by atoms with Crippen LogP contribution in [0.2, 0.25) is 0 Å². The summed E-state index contributed by atoms with van der Waals surface area (Å²) in [5.41, 5.74) is 1.09. The molecule has 0 radical (unpaired) electrons. The number of methoxy groups -OCH3 is 1. The normalized spacial score (nSPS) is 11.0. The standard InChI is InChI=1S/C11H15NO4S/c1-16-10-6-8(7-11(13)14)4-5-9(10)12-17(2,3)15/h4-6H,7H2,1-3H3,(H,13,14). The zero-order valence-corrected chi connectivity index (χ0v) is 10.8. The third-order valence-corrected chi connectivity index (χ3v) is 2.55. The van der Waals surface area contributed by atoms with E-state index in [2.05, 4.69) is 4.36 Å². The maximum Gasteiger partial charge on any atom is 0.307 e. The number of carboxylic acid groups (broad SMARTS) is 1. The van der Waals surface area contributed by atoms with Gasteiger partial charge in [0.2, 0.25) is 0 Å². The van der Waals surface area contributed by atoms with Crippen molar-refractivity contribution >= 4 is 21.4 Å². The first kappa shape index (κ1) is 13.5. The SMILES string of the molecule is COc1cc(CC(=O)O)ccc1N=S(C)(C)=O. The molecular formula is C11H15NO4S. The second kappa shape index (κ2) is 5.18. The van der Waals surface area contributed by atoms with Crippen LogP contribution in [0.4, 0.5) is 5.69 Å². The Kier molecular flexibility index (Phi) is 4.11. The topological polar surface area (TPSA) is 76.0 Å². The first-order chi connectivity index (χ1) is 7.81. The van der Waals surface area contributed by atoms with Crippen molar-refractivity contribution in [1.29, 1.82) is 0 Å². The van der Waals surface area contributed by atoms with Gasteiger partial charge >= 0.3 is 5.97 Å². The van der Waals surface area contributed by atoms with Gasteiger partial charge in [-0.25, -0.2) is 4.21 Å². The van der Waals surface area contributed by atoms with Crippen molar-refractivity contribution in [2.45, 2.75) is 6.42 Å². The van der Waals surface area contributed by atoms with Crippen LogP contribution >= 0.6 is 0 Å². The molecule has 0 saturated heterocycles. The van der Waals surface area contributed by atoms with Gasteiger partial charge in [-0.1, -0.05) is 6.07 Å². The lowest BCUT2D eigenvalue weighted by atomic mass is 10.1. The molecule has 0 saturated carbocycles. The van der Waals surface area contributed by atoms with Crippen LogP contribution in [0.25, 0.3) is 0 Å². The van der Waals surface area contributed by atoms with Crippen molar-refractivity contribution < 1.29 is 18.8 Å². The Morgan fingerprint density at radius 1 is 1.47 bits per heavy atom. The molecule has 0 aromatic heterocycles. The van der Waals surface area contributed by atoms with Crippen molar-refractivity contribution in [3.63, 3.8) is 0 Å². The average molecular weight is 257 g/mol. The van der Waals surface area contributed by atoms with Crippen LogP contribution in [0.3, 0.4) is 0 Å². The average Bonchev–Trinajstić information content (AvgIpc) is 2.17. The van der Waals surface area contributed by atoms with Gasteiger partial charge in [0.1, 0.15) is 11.4 Å². The lowest BCUT2D eigenvalue weighted by molar-refractivity contribution is -0.136. The van der Waals surface area contributed by atoms with E-state index in [1.54, 1.807) is 18.2 Å². The summed E-state index contributed by atoms with van der Waals surface area (Å²) in [6.45, 7) is 0. The highest BCUT2D eigenvalue weighted by Gasteiger charge is 2.07. The van der Waals surface area contributed by atoms with Crippen LogP contribution in [0, 0.1) is 0 Å². The minimum absolute atomic E-state index is 0.0791. The Morgan fingerprint density at radius 3 is 2.59 bits per heavy atom. The number of ether oxygens (including phenoxy) is 1.